The number of hydrogen-bond acceptors (Lipinski definition) is 6. The minimum absolute atomic E-state index is 0.0730. The molecule has 0 bridgehead atoms. The van der Waals surface area contributed by atoms with Crippen molar-refractivity contribution < 1.29 is 28.6 Å². The van der Waals surface area contributed by atoms with Crippen LogP contribution in [0.5, 0.6) is 0 Å². The second-order valence-electron chi connectivity index (χ2n) is 15.7. The standard InChI is InChI=1S/C48H88O6/c1-4-7-10-13-16-19-21-23-25-26-29-32-35-38-41-47(50)53-44-45(43-52-46(49)40-37-34-31-28-18-15-12-9-6-3)54-48(51)42-39-36-33-30-27-24-22-20-17-14-11-8-5-2/h11,14,20,22,45H,4-10,12-13,15-19,21,23-44H2,1-3H3/b14-11-,22-20-. The van der Waals surface area contributed by atoms with Crippen molar-refractivity contribution >= 4 is 17.9 Å². The Morgan fingerprint density at radius 1 is 0.370 bits per heavy atom. The quantitative estimate of drug-likeness (QED) is 0.0267. The summed E-state index contributed by atoms with van der Waals surface area (Å²) in [4.78, 5) is 37.7. The van der Waals surface area contributed by atoms with E-state index in [2.05, 4.69) is 45.1 Å². The Balaban J connectivity index is 4.34. The average Bonchev–Trinajstić information content (AvgIpc) is 3.17. The van der Waals surface area contributed by atoms with Crippen LogP contribution in [0.25, 0.3) is 0 Å². The van der Waals surface area contributed by atoms with Gasteiger partial charge in [0.25, 0.3) is 0 Å². The van der Waals surface area contributed by atoms with Crippen molar-refractivity contribution in [3.05, 3.63) is 24.3 Å². The van der Waals surface area contributed by atoms with Crippen LogP contribution >= 0.6 is 0 Å². The zero-order valence-corrected chi connectivity index (χ0v) is 36.0. The molecule has 0 spiro atoms. The zero-order chi connectivity index (χ0) is 39.4. The molecule has 6 heteroatoms. The fourth-order valence-corrected chi connectivity index (χ4v) is 6.66. The smallest absolute Gasteiger partial charge is 0.306 e. The van der Waals surface area contributed by atoms with Gasteiger partial charge in [-0.1, -0.05) is 206 Å². The van der Waals surface area contributed by atoms with E-state index in [4.69, 9.17) is 14.2 Å². The van der Waals surface area contributed by atoms with E-state index in [1.807, 2.05) is 0 Å². The number of ether oxygens (including phenoxy) is 3. The molecule has 1 unspecified atom stereocenters. The van der Waals surface area contributed by atoms with Crippen molar-refractivity contribution in [2.75, 3.05) is 13.2 Å². The second kappa shape index (κ2) is 43.6. The maximum absolute atomic E-state index is 12.7. The molecule has 0 aliphatic heterocycles. The predicted octanol–water partition coefficient (Wildman–Crippen LogP) is 14.8. The molecule has 6 nitrogen and oxygen atoms in total. The highest BCUT2D eigenvalue weighted by molar-refractivity contribution is 5.71. The first-order valence-corrected chi connectivity index (χ1v) is 23.3. The summed E-state index contributed by atoms with van der Waals surface area (Å²) in [6, 6.07) is 0. The van der Waals surface area contributed by atoms with E-state index in [1.54, 1.807) is 0 Å². The molecule has 0 saturated heterocycles. The van der Waals surface area contributed by atoms with Crippen molar-refractivity contribution in [3.63, 3.8) is 0 Å². The van der Waals surface area contributed by atoms with Crippen LogP contribution in [0.4, 0.5) is 0 Å². The average molecular weight is 761 g/mol. The van der Waals surface area contributed by atoms with E-state index in [9.17, 15) is 14.4 Å². The number of hydrogen-bond donors (Lipinski definition) is 0. The Hall–Kier alpha value is -2.11. The molecular formula is C48H88O6. The van der Waals surface area contributed by atoms with Gasteiger partial charge in [-0.2, -0.15) is 0 Å². The summed E-state index contributed by atoms with van der Waals surface area (Å²) in [7, 11) is 0. The van der Waals surface area contributed by atoms with Gasteiger partial charge in [0.15, 0.2) is 6.10 Å². The van der Waals surface area contributed by atoms with Gasteiger partial charge in [-0.05, 0) is 44.9 Å². The van der Waals surface area contributed by atoms with E-state index in [0.29, 0.717) is 19.3 Å². The third kappa shape index (κ3) is 41.1. The Kier molecular flexibility index (Phi) is 41.9. The van der Waals surface area contributed by atoms with Crippen molar-refractivity contribution in [2.24, 2.45) is 0 Å². The highest BCUT2D eigenvalue weighted by atomic mass is 16.6. The molecule has 0 aromatic rings. The Labute approximate surface area is 334 Å². The number of esters is 3. The summed E-state index contributed by atoms with van der Waals surface area (Å²) < 4.78 is 16.7. The lowest BCUT2D eigenvalue weighted by atomic mass is 10.0. The molecule has 54 heavy (non-hydrogen) atoms. The van der Waals surface area contributed by atoms with Crippen molar-refractivity contribution in [1.29, 1.82) is 0 Å². The van der Waals surface area contributed by atoms with E-state index >= 15 is 0 Å². The van der Waals surface area contributed by atoms with Crippen molar-refractivity contribution in [2.45, 2.75) is 252 Å². The lowest BCUT2D eigenvalue weighted by molar-refractivity contribution is -0.167. The number of unbranched alkanes of at least 4 members (excludes halogenated alkanes) is 27. The van der Waals surface area contributed by atoms with Gasteiger partial charge in [-0.25, -0.2) is 0 Å². The van der Waals surface area contributed by atoms with Crippen LogP contribution in [-0.4, -0.2) is 37.2 Å². The van der Waals surface area contributed by atoms with Crippen LogP contribution in [0.2, 0.25) is 0 Å². The van der Waals surface area contributed by atoms with Crippen LogP contribution in [0, 0.1) is 0 Å². The Bertz CT molecular complexity index is 880. The monoisotopic (exact) mass is 761 g/mol. The third-order valence-corrected chi connectivity index (χ3v) is 10.2. The topological polar surface area (TPSA) is 78.9 Å². The molecule has 0 heterocycles. The molecule has 0 aromatic carbocycles. The van der Waals surface area contributed by atoms with Gasteiger partial charge in [-0.3, -0.25) is 14.4 Å². The molecule has 0 fully saturated rings. The van der Waals surface area contributed by atoms with Gasteiger partial charge in [0, 0.05) is 19.3 Å². The SMILES string of the molecule is CCC/C=C\C/C=C\CCCCCCCC(=O)OC(COC(=O)CCCCCCCCCCC)COC(=O)CCCCCCCCCCCCCCCC. The first-order chi connectivity index (χ1) is 26.5. The van der Waals surface area contributed by atoms with Crippen LogP contribution in [0.3, 0.4) is 0 Å². The number of rotatable bonds is 42. The van der Waals surface area contributed by atoms with Gasteiger partial charge < -0.3 is 14.2 Å². The maximum atomic E-state index is 12.7. The van der Waals surface area contributed by atoms with E-state index in [-0.39, 0.29) is 31.1 Å². The normalized spacial score (nSPS) is 12.1. The van der Waals surface area contributed by atoms with Gasteiger partial charge in [0.05, 0.1) is 0 Å². The van der Waals surface area contributed by atoms with Crippen LogP contribution in [-0.2, 0) is 28.6 Å². The van der Waals surface area contributed by atoms with Gasteiger partial charge in [0.1, 0.15) is 13.2 Å². The summed E-state index contributed by atoms with van der Waals surface area (Å²) in [5.41, 5.74) is 0. The predicted molar refractivity (Wildman–Crippen MR) is 229 cm³/mol. The highest BCUT2D eigenvalue weighted by Crippen LogP contribution is 2.15. The number of carbonyl (C=O) groups excluding carboxylic acids is 3. The molecule has 0 amide bonds. The molecule has 0 aromatic heterocycles. The second-order valence-corrected chi connectivity index (χ2v) is 15.7. The summed E-state index contributed by atoms with van der Waals surface area (Å²) >= 11 is 0. The molecule has 0 N–H and O–H groups in total. The maximum Gasteiger partial charge on any atom is 0.306 e. The summed E-state index contributed by atoms with van der Waals surface area (Å²) in [6.07, 6.45) is 47.3. The molecule has 0 rings (SSSR count). The fourth-order valence-electron chi connectivity index (χ4n) is 6.66. The zero-order valence-electron chi connectivity index (χ0n) is 36.0. The Morgan fingerprint density at radius 2 is 0.704 bits per heavy atom. The van der Waals surface area contributed by atoms with Gasteiger partial charge >= 0.3 is 17.9 Å². The van der Waals surface area contributed by atoms with E-state index < -0.39 is 6.10 Å². The first kappa shape index (κ1) is 51.9. The molecule has 316 valence electrons. The first-order valence-electron chi connectivity index (χ1n) is 23.3. The van der Waals surface area contributed by atoms with Gasteiger partial charge in [-0.15, -0.1) is 0 Å². The van der Waals surface area contributed by atoms with Crippen molar-refractivity contribution in [1.82, 2.24) is 0 Å². The minimum Gasteiger partial charge on any atom is -0.462 e. The highest BCUT2D eigenvalue weighted by Gasteiger charge is 2.19. The summed E-state index contributed by atoms with van der Waals surface area (Å²) in [6.45, 7) is 6.55. The van der Waals surface area contributed by atoms with Gasteiger partial charge in [0.2, 0.25) is 0 Å². The fraction of sp³-hybridized carbons (Fsp3) is 0.854. The molecule has 0 saturated carbocycles. The van der Waals surface area contributed by atoms with E-state index in [0.717, 1.165) is 89.9 Å². The number of allylic oxidation sites excluding steroid dienone is 4. The molecule has 0 aliphatic rings. The minimum atomic E-state index is -0.770. The summed E-state index contributed by atoms with van der Waals surface area (Å²) in [5, 5.41) is 0. The molecule has 0 radical (unpaired) electrons. The van der Waals surface area contributed by atoms with Crippen molar-refractivity contribution in [3.8, 4) is 0 Å². The lowest BCUT2D eigenvalue weighted by Crippen LogP contribution is -2.30. The van der Waals surface area contributed by atoms with Crippen LogP contribution < -0.4 is 0 Å². The third-order valence-electron chi connectivity index (χ3n) is 10.2. The van der Waals surface area contributed by atoms with Crippen LogP contribution in [0.1, 0.15) is 245 Å². The molecular weight excluding hydrogens is 673 g/mol. The molecule has 1 atom stereocenters. The van der Waals surface area contributed by atoms with Crippen LogP contribution in [0.15, 0.2) is 24.3 Å². The van der Waals surface area contributed by atoms with E-state index in [1.165, 1.54) is 116 Å². The largest absolute Gasteiger partial charge is 0.462 e. The number of carbonyl (C=O) groups is 3. The summed E-state index contributed by atoms with van der Waals surface area (Å²) in [5.74, 6) is -0.883. The Morgan fingerprint density at radius 3 is 1.09 bits per heavy atom. The molecule has 0 aliphatic carbocycles. The lowest BCUT2D eigenvalue weighted by Gasteiger charge is -2.18.